The van der Waals surface area contributed by atoms with Gasteiger partial charge < -0.3 is 15.0 Å². The smallest absolute Gasteiger partial charge is 0.264 e. The van der Waals surface area contributed by atoms with Crippen molar-refractivity contribution in [1.82, 2.24) is 10.2 Å². The SMILES string of the molecule is CCNC(=O)[C@H](C)N(Cc1ccc(C)cc1)C(=O)CN(c1ccc(F)cc1)S(=O)(=O)c1ccc(OCC)cc1. The van der Waals surface area contributed by atoms with Crippen LogP contribution in [0.25, 0.3) is 0 Å². The molecule has 0 aromatic heterocycles. The van der Waals surface area contributed by atoms with Crippen LogP contribution in [0.2, 0.25) is 0 Å². The number of ether oxygens (including phenoxy) is 1. The van der Waals surface area contributed by atoms with E-state index in [4.69, 9.17) is 4.74 Å². The zero-order valence-corrected chi connectivity index (χ0v) is 23.4. The van der Waals surface area contributed by atoms with Crippen molar-refractivity contribution >= 4 is 27.5 Å². The van der Waals surface area contributed by atoms with Gasteiger partial charge in [-0.2, -0.15) is 0 Å². The average Bonchev–Trinajstić information content (AvgIpc) is 2.92. The van der Waals surface area contributed by atoms with E-state index < -0.39 is 34.3 Å². The maximum absolute atomic E-state index is 13.8. The van der Waals surface area contributed by atoms with E-state index in [-0.39, 0.29) is 23.0 Å². The third kappa shape index (κ3) is 7.57. The van der Waals surface area contributed by atoms with Gasteiger partial charge in [-0.3, -0.25) is 13.9 Å². The number of likely N-dealkylation sites (N-methyl/N-ethyl adjacent to an activating group) is 1. The summed E-state index contributed by atoms with van der Waals surface area (Å²) in [6.07, 6.45) is 0. The molecule has 208 valence electrons. The maximum atomic E-state index is 13.8. The zero-order valence-electron chi connectivity index (χ0n) is 22.6. The van der Waals surface area contributed by atoms with E-state index >= 15 is 0 Å². The molecule has 2 amide bonds. The van der Waals surface area contributed by atoms with Gasteiger partial charge >= 0.3 is 0 Å². The van der Waals surface area contributed by atoms with E-state index in [2.05, 4.69) is 5.32 Å². The number of carbonyl (C=O) groups is 2. The molecule has 1 N–H and O–H groups in total. The molecule has 10 heteroatoms. The van der Waals surface area contributed by atoms with Gasteiger partial charge in [0, 0.05) is 13.1 Å². The lowest BCUT2D eigenvalue weighted by molar-refractivity contribution is -0.139. The summed E-state index contributed by atoms with van der Waals surface area (Å²) in [6.45, 7) is 7.42. The first-order valence-electron chi connectivity index (χ1n) is 12.7. The van der Waals surface area contributed by atoms with E-state index in [1.807, 2.05) is 38.1 Å². The number of anilines is 1. The second-order valence-electron chi connectivity index (χ2n) is 8.97. The molecule has 1 atom stereocenters. The lowest BCUT2D eigenvalue weighted by atomic mass is 10.1. The number of carbonyl (C=O) groups excluding carboxylic acids is 2. The predicted molar refractivity (Wildman–Crippen MR) is 148 cm³/mol. The molecule has 8 nitrogen and oxygen atoms in total. The van der Waals surface area contributed by atoms with Crippen molar-refractivity contribution in [3.8, 4) is 5.75 Å². The maximum Gasteiger partial charge on any atom is 0.264 e. The molecule has 3 rings (SSSR count). The van der Waals surface area contributed by atoms with Crippen molar-refractivity contribution in [3.63, 3.8) is 0 Å². The Balaban J connectivity index is 2.00. The van der Waals surface area contributed by atoms with Gasteiger partial charge in [0.15, 0.2) is 0 Å². The molecule has 0 aliphatic heterocycles. The first kappa shape index (κ1) is 29.6. The third-order valence-corrected chi connectivity index (χ3v) is 7.90. The molecule has 0 aliphatic carbocycles. The normalized spacial score (nSPS) is 11.9. The number of amides is 2. The minimum Gasteiger partial charge on any atom is -0.494 e. The number of nitrogens with one attached hydrogen (secondary N) is 1. The Kier molecular flexibility index (Phi) is 10.1. The second kappa shape index (κ2) is 13.2. The zero-order chi connectivity index (χ0) is 28.6. The highest BCUT2D eigenvalue weighted by atomic mass is 32.2. The number of sulfonamides is 1. The van der Waals surface area contributed by atoms with Crippen molar-refractivity contribution in [2.24, 2.45) is 0 Å². The van der Waals surface area contributed by atoms with Gasteiger partial charge in [-0.1, -0.05) is 29.8 Å². The van der Waals surface area contributed by atoms with Crippen LogP contribution in [-0.2, 0) is 26.2 Å². The van der Waals surface area contributed by atoms with Gasteiger partial charge in [-0.15, -0.1) is 0 Å². The number of hydrogen-bond donors (Lipinski definition) is 1. The van der Waals surface area contributed by atoms with Crippen molar-refractivity contribution in [2.75, 3.05) is 24.0 Å². The highest BCUT2D eigenvalue weighted by Crippen LogP contribution is 2.26. The largest absolute Gasteiger partial charge is 0.494 e. The fourth-order valence-electron chi connectivity index (χ4n) is 3.93. The Bertz CT molecular complexity index is 1360. The first-order chi connectivity index (χ1) is 18.6. The van der Waals surface area contributed by atoms with E-state index in [0.29, 0.717) is 18.9 Å². The van der Waals surface area contributed by atoms with E-state index in [9.17, 15) is 22.4 Å². The molecule has 0 bridgehead atoms. The number of aryl methyl sites for hydroxylation is 1. The average molecular weight is 556 g/mol. The molecule has 0 radical (unpaired) electrons. The summed E-state index contributed by atoms with van der Waals surface area (Å²) < 4.78 is 47.6. The van der Waals surface area contributed by atoms with Crippen LogP contribution in [0.3, 0.4) is 0 Å². The molecular formula is C29H34FN3O5S. The quantitative estimate of drug-likeness (QED) is 0.360. The molecule has 0 heterocycles. The molecular weight excluding hydrogens is 521 g/mol. The van der Waals surface area contributed by atoms with E-state index in [1.54, 1.807) is 13.8 Å². The molecule has 3 aromatic rings. The van der Waals surface area contributed by atoms with Crippen LogP contribution in [0, 0.1) is 12.7 Å². The Labute approximate surface area is 229 Å². The molecule has 0 aliphatic rings. The van der Waals surface area contributed by atoms with Crippen LogP contribution >= 0.6 is 0 Å². The van der Waals surface area contributed by atoms with Crippen molar-refractivity contribution < 1.29 is 27.1 Å². The van der Waals surface area contributed by atoms with E-state index in [0.717, 1.165) is 27.6 Å². The number of nitrogens with zero attached hydrogens (tertiary/aromatic N) is 2. The van der Waals surface area contributed by atoms with Gasteiger partial charge in [0.2, 0.25) is 11.8 Å². The summed E-state index contributed by atoms with van der Waals surface area (Å²) in [5.74, 6) is -0.996. The van der Waals surface area contributed by atoms with Crippen LogP contribution in [-0.4, -0.2) is 50.9 Å². The van der Waals surface area contributed by atoms with Gasteiger partial charge in [0.25, 0.3) is 10.0 Å². The summed E-state index contributed by atoms with van der Waals surface area (Å²) in [6, 6.07) is 17.3. The number of hydrogen-bond acceptors (Lipinski definition) is 5. The molecule has 3 aromatic carbocycles. The van der Waals surface area contributed by atoms with Gasteiger partial charge in [0.1, 0.15) is 24.2 Å². The Morgan fingerprint density at radius 2 is 1.56 bits per heavy atom. The number of benzene rings is 3. The van der Waals surface area contributed by atoms with E-state index in [1.165, 1.54) is 41.3 Å². The van der Waals surface area contributed by atoms with Crippen molar-refractivity contribution in [1.29, 1.82) is 0 Å². The lowest BCUT2D eigenvalue weighted by Gasteiger charge is -2.32. The van der Waals surface area contributed by atoms with Crippen LogP contribution in [0.15, 0.2) is 77.7 Å². The predicted octanol–water partition coefficient (Wildman–Crippen LogP) is 4.28. The molecule has 0 saturated heterocycles. The number of rotatable bonds is 12. The number of halogens is 1. The molecule has 39 heavy (non-hydrogen) atoms. The first-order valence-corrected chi connectivity index (χ1v) is 14.1. The second-order valence-corrected chi connectivity index (χ2v) is 10.8. The molecule has 0 spiro atoms. The van der Waals surface area contributed by atoms with Crippen molar-refractivity contribution in [3.05, 3.63) is 89.7 Å². The summed E-state index contributed by atoms with van der Waals surface area (Å²) in [5.41, 5.74) is 1.93. The minimum atomic E-state index is -4.25. The molecule has 0 saturated carbocycles. The molecule has 0 fully saturated rings. The Morgan fingerprint density at radius 1 is 0.949 bits per heavy atom. The summed E-state index contributed by atoms with van der Waals surface area (Å²) in [7, 11) is -4.25. The van der Waals surface area contributed by atoms with Crippen LogP contribution in [0.1, 0.15) is 31.9 Å². The fraction of sp³-hybridized carbons (Fsp3) is 0.310. The molecule has 0 unspecified atom stereocenters. The summed E-state index contributed by atoms with van der Waals surface area (Å²) >= 11 is 0. The monoisotopic (exact) mass is 555 g/mol. The van der Waals surface area contributed by atoms with Crippen LogP contribution in [0.5, 0.6) is 5.75 Å². The fourth-order valence-corrected chi connectivity index (χ4v) is 5.35. The van der Waals surface area contributed by atoms with Gasteiger partial charge in [0.05, 0.1) is 17.2 Å². The van der Waals surface area contributed by atoms with Crippen LogP contribution in [0.4, 0.5) is 10.1 Å². The summed E-state index contributed by atoms with van der Waals surface area (Å²) in [4.78, 5) is 27.8. The topological polar surface area (TPSA) is 96.0 Å². The Morgan fingerprint density at radius 3 is 2.13 bits per heavy atom. The Hall–Kier alpha value is -3.92. The summed E-state index contributed by atoms with van der Waals surface area (Å²) in [5, 5.41) is 2.72. The van der Waals surface area contributed by atoms with Crippen LogP contribution < -0.4 is 14.4 Å². The highest BCUT2D eigenvalue weighted by molar-refractivity contribution is 7.92. The minimum absolute atomic E-state index is 0.0649. The highest BCUT2D eigenvalue weighted by Gasteiger charge is 2.32. The standard InChI is InChI=1S/C29H34FN3O5S/c1-5-31-29(35)22(4)32(19-23-9-7-21(3)8-10-23)28(34)20-33(25-13-11-24(30)12-14-25)39(36,37)27-17-15-26(16-18-27)38-6-2/h7-18,22H,5-6,19-20H2,1-4H3,(H,31,35)/t22-/m0/s1. The lowest BCUT2D eigenvalue weighted by Crippen LogP contribution is -2.51. The van der Waals surface area contributed by atoms with Crippen molar-refractivity contribution in [2.45, 2.75) is 45.2 Å². The van der Waals surface area contributed by atoms with Gasteiger partial charge in [-0.25, -0.2) is 12.8 Å². The van der Waals surface area contributed by atoms with Gasteiger partial charge in [-0.05, 0) is 81.8 Å². The third-order valence-electron chi connectivity index (χ3n) is 6.11.